The van der Waals surface area contributed by atoms with Crippen molar-refractivity contribution >= 4 is 52.1 Å². The van der Waals surface area contributed by atoms with Crippen LogP contribution in [-0.4, -0.2) is 23.9 Å². The molecule has 3 N–H and O–H groups in total. The molecule has 0 unspecified atom stereocenters. The minimum atomic E-state index is -0.0940. The van der Waals surface area contributed by atoms with Crippen molar-refractivity contribution in [2.24, 2.45) is 0 Å². The number of anilines is 3. The molecule has 0 radical (unpaired) electrons. The van der Waals surface area contributed by atoms with E-state index in [1.54, 1.807) is 7.11 Å². The van der Waals surface area contributed by atoms with Crippen LogP contribution in [0.3, 0.4) is 0 Å². The van der Waals surface area contributed by atoms with Crippen molar-refractivity contribution in [1.82, 2.24) is 0 Å². The van der Waals surface area contributed by atoms with E-state index < -0.39 is 0 Å². The fraction of sp³-hybridized carbons (Fsp3) is 0.0714. The molecule has 0 aromatic heterocycles. The summed E-state index contributed by atoms with van der Waals surface area (Å²) in [4.78, 5) is 13.4. The second-order valence-electron chi connectivity index (χ2n) is 7.58. The van der Waals surface area contributed by atoms with Crippen LogP contribution < -0.4 is 25.4 Å². The first-order valence-electron chi connectivity index (χ1n) is 11.2. The van der Waals surface area contributed by atoms with E-state index in [2.05, 4.69) is 16.0 Å². The maximum Gasteiger partial charge on any atom is 0.234 e. The van der Waals surface area contributed by atoms with Gasteiger partial charge in [-0.2, -0.15) is 0 Å². The smallest absolute Gasteiger partial charge is 0.234 e. The van der Waals surface area contributed by atoms with Crippen LogP contribution in [0.4, 0.5) is 17.1 Å². The van der Waals surface area contributed by atoms with Crippen LogP contribution in [0.15, 0.2) is 108 Å². The number of thiocarbonyl (C=S) groups is 1. The number of ether oxygens (including phenoxy) is 2. The number of amides is 1. The molecule has 4 rings (SSSR count). The third-order valence-electron chi connectivity index (χ3n) is 4.93. The zero-order chi connectivity index (χ0) is 25.2. The monoisotopic (exact) mass is 515 g/mol. The van der Waals surface area contributed by atoms with E-state index in [0.717, 1.165) is 22.0 Å². The number of hydrogen-bond donors (Lipinski definition) is 3. The molecular weight excluding hydrogens is 490 g/mol. The first-order chi connectivity index (χ1) is 17.6. The van der Waals surface area contributed by atoms with Gasteiger partial charge in [0.1, 0.15) is 17.2 Å². The van der Waals surface area contributed by atoms with Crippen molar-refractivity contribution in [3.05, 3.63) is 103 Å². The fourth-order valence-corrected chi connectivity index (χ4v) is 4.26. The number of carbonyl (C=O) groups is 1. The van der Waals surface area contributed by atoms with Gasteiger partial charge in [-0.15, -0.1) is 11.8 Å². The van der Waals surface area contributed by atoms with E-state index in [9.17, 15) is 4.79 Å². The lowest BCUT2D eigenvalue weighted by Gasteiger charge is -2.14. The van der Waals surface area contributed by atoms with Gasteiger partial charge in [0.05, 0.1) is 18.6 Å². The van der Waals surface area contributed by atoms with Crippen molar-refractivity contribution in [2.75, 3.05) is 28.8 Å². The molecule has 4 aromatic carbocycles. The Hall–Kier alpha value is -4.01. The van der Waals surface area contributed by atoms with E-state index in [0.29, 0.717) is 22.3 Å². The maximum atomic E-state index is 12.5. The SMILES string of the molecule is COc1ccccc1NC(=S)Nc1cccc(SCC(=O)Nc2ccc(Oc3ccccc3)cc2)c1. The fourth-order valence-electron chi connectivity index (χ4n) is 3.27. The summed E-state index contributed by atoms with van der Waals surface area (Å²) in [5, 5.41) is 9.67. The number of methoxy groups -OCH3 is 1. The van der Waals surface area contributed by atoms with Crippen molar-refractivity contribution < 1.29 is 14.3 Å². The Morgan fingerprint density at radius 1 is 0.778 bits per heavy atom. The molecular formula is C28H25N3O3S2. The number of carbonyl (C=O) groups excluding carboxylic acids is 1. The van der Waals surface area contributed by atoms with E-state index in [1.807, 2.05) is 103 Å². The maximum absolute atomic E-state index is 12.5. The van der Waals surface area contributed by atoms with Gasteiger partial charge in [-0.25, -0.2) is 0 Å². The van der Waals surface area contributed by atoms with Crippen molar-refractivity contribution in [3.63, 3.8) is 0 Å². The highest BCUT2D eigenvalue weighted by molar-refractivity contribution is 8.00. The summed E-state index contributed by atoms with van der Waals surface area (Å²) in [6, 6.07) is 32.1. The van der Waals surface area contributed by atoms with Crippen LogP contribution in [0.5, 0.6) is 17.2 Å². The predicted molar refractivity (Wildman–Crippen MR) is 152 cm³/mol. The number of para-hydroxylation sites is 3. The first kappa shape index (κ1) is 25.1. The summed E-state index contributed by atoms with van der Waals surface area (Å²) >= 11 is 6.88. The number of hydrogen-bond acceptors (Lipinski definition) is 5. The molecule has 0 heterocycles. The summed E-state index contributed by atoms with van der Waals surface area (Å²) in [5.74, 6) is 2.35. The van der Waals surface area contributed by atoms with Gasteiger partial charge in [0, 0.05) is 16.3 Å². The second-order valence-corrected chi connectivity index (χ2v) is 9.04. The Balaban J connectivity index is 1.26. The van der Waals surface area contributed by atoms with E-state index in [-0.39, 0.29) is 11.7 Å². The number of thioether (sulfide) groups is 1. The van der Waals surface area contributed by atoms with Crippen LogP contribution in [-0.2, 0) is 4.79 Å². The van der Waals surface area contributed by atoms with Gasteiger partial charge in [-0.3, -0.25) is 4.79 Å². The lowest BCUT2D eigenvalue weighted by Crippen LogP contribution is -2.19. The lowest BCUT2D eigenvalue weighted by atomic mass is 10.3. The molecule has 1 amide bonds. The van der Waals surface area contributed by atoms with Crippen LogP contribution in [0.1, 0.15) is 0 Å². The van der Waals surface area contributed by atoms with Gasteiger partial charge >= 0.3 is 0 Å². The van der Waals surface area contributed by atoms with Gasteiger partial charge in [-0.1, -0.05) is 36.4 Å². The Bertz CT molecular complexity index is 1320. The third kappa shape index (κ3) is 7.49. The zero-order valence-corrected chi connectivity index (χ0v) is 21.2. The van der Waals surface area contributed by atoms with E-state index in [1.165, 1.54) is 11.8 Å². The molecule has 4 aromatic rings. The highest BCUT2D eigenvalue weighted by Crippen LogP contribution is 2.26. The quantitative estimate of drug-likeness (QED) is 0.163. The lowest BCUT2D eigenvalue weighted by molar-refractivity contribution is -0.113. The van der Waals surface area contributed by atoms with Crippen LogP contribution >= 0.6 is 24.0 Å². The highest BCUT2D eigenvalue weighted by atomic mass is 32.2. The minimum absolute atomic E-state index is 0.0940. The van der Waals surface area contributed by atoms with Crippen LogP contribution in [0.25, 0.3) is 0 Å². The molecule has 0 saturated heterocycles. The Labute approximate surface area is 220 Å². The Kier molecular flexibility index (Phi) is 8.80. The minimum Gasteiger partial charge on any atom is -0.495 e. The molecule has 0 aliphatic carbocycles. The topological polar surface area (TPSA) is 71.6 Å². The molecule has 8 heteroatoms. The molecule has 0 fully saturated rings. The van der Waals surface area contributed by atoms with E-state index in [4.69, 9.17) is 21.7 Å². The standard InChI is InChI=1S/C28H25N3O3S2/c1-33-26-13-6-5-12-25(26)31-28(35)30-21-8-7-11-24(18-21)36-19-27(32)29-20-14-16-23(17-15-20)34-22-9-3-2-4-10-22/h2-18H,19H2,1H3,(H,29,32)(H2,30,31,35). The Morgan fingerprint density at radius 2 is 1.50 bits per heavy atom. The summed E-state index contributed by atoms with van der Waals surface area (Å²) in [7, 11) is 1.61. The van der Waals surface area contributed by atoms with Crippen molar-refractivity contribution in [1.29, 1.82) is 0 Å². The largest absolute Gasteiger partial charge is 0.495 e. The average molecular weight is 516 g/mol. The van der Waals surface area contributed by atoms with Gasteiger partial charge in [0.15, 0.2) is 5.11 Å². The van der Waals surface area contributed by atoms with E-state index >= 15 is 0 Å². The average Bonchev–Trinajstić information content (AvgIpc) is 2.90. The number of nitrogens with one attached hydrogen (secondary N) is 3. The Morgan fingerprint density at radius 3 is 2.28 bits per heavy atom. The third-order valence-corrected chi connectivity index (χ3v) is 6.13. The molecule has 0 spiro atoms. The summed E-state index contributed by atoms with van der Waals surface area (Å²) in [6.07, 6.45) is 0. The van der Waals surface area contributed by atoms with Crippen LogP contribution in [0.2, 0.25) is 0 Å². The first-order valence-corrected chi connectivity index (χ1v) is 12.5. The zero-order valence-electron chi connectivity index (χ0n) is 19.6. The molecule has 0 aliphatic heterocycles. The predicted octanol–water partition coefficient (Wildman–Crippen LogP) is 7.03. The van der Waals surface area contributed by atoms with Crippen LogP contribution in [0, 0.1) is 0 Å². The molecule has 0 atom stereocenters. The molecule has 0 saturated carbocycles. The molecule has 36 heavy (non-hydrogen) atoms. The molecule has 6 nitrogen and oxygen atoms in total. The van der Waals surface area contributed by atoms with Crippen molar-refractivity contribution in [2.45, 2.75) is 4.90 Å². The summed E-state index contributed by atoms with van der Waals surface area (Å²) in [5.41, 5.74) is 2.31. The summed E-state index contributed by atoms with van der Waals surface area (Å²) in [6.45, 7) is 0. The number of benzene rings is 4. The molecule has 182 valence electrons. The normalized spacial score (nSPS) is 10.2. The highest BCUT2D eigenvalue weighted by Gasteiger charge is 2.07. The molecule has 0 aliphatic rings. The van der Waals surface area contributed by atoms with Gasteiger partial charge in [0.25, 0.3) is 0 Å². The van der Waals surface area contributed by atoms with Gasteiger partial charge in [-0.05, 0) is 78.9 Å². The van der Waals surface area contributed by atoms with Gasteiger partial charge in [0.2, 0.25) is 5.91 Å². The van der Waals surface area contributed by atoms with Crippen molar-refractivity contribution in [3.8, 4) is 17.2 Å². The second kappa shape index (κ2) is 12.6. The summed E-state index contributed by atoms with van der Waals surface area (Å²) < 4.78 is 11.1. The van der Waals surface area contributed by atoms with Gasteiger partial charge < -0.3 is 25.4 Å². The molecule has 0 bridgehead atoms. The number of rotatable bonds is 9.